The first-order chi connectivity index (χ1) is 8.20. The minimum absolute atomic E-state index is 0.222. The minimum Gasteiger partial charge on any atom is -0.368 e. The standard InChI is InChI=1S/C15H23NO/c1-4-5-13-9-16-10-15(17-13)14-8-11(2)6-7-12(14)3/h6-8,13,15-16H,4-5,9-10H2,1-3H3. The smallest absolute Gasteiger partial charge is 0.0956 e. The van der Waals surface area contributed by atoms with E-state index >= 15 is 0 Å². The molecule has 0 spiro atoms. The van der Waals surface area contributed by atoms with Gasteiger partial charge in [-0.3, -0.25) is 0 Å². The van der Waals surface area contributed by atoms with E-state index in [-0.39, 0.29) is 6.10 Å². The van der Waals surface area contributed by atoms with Crippen molar-refractivity contribution >= 4 is 0 Å². The van der Waals surface area contributed by atoms with Crippen molar-refractivity contribution in [1.82, 2.24) is 5.32 Å². The van der Waals surface area contributed by atoms with Crippen molar-refractivity contribution in [3.05, 3.63) is 34.9 Å². The first kappa shape index (κ1) is 12.6. The molecule has 1 aliphatic heterocycles. The van der Waals surface area contributed by atoms with E-state index in [4.69, 9.17) is 4.74 Å². The summed E-state index contributed by atoms with van der Waals surface area (Å²) < 4.78 is 6.19. The molecule has 0 aliphatic carbocycles. The molecule has 2 unspecified atom stereocenters. The lowest BCUT2D eigenvalue weighted by molar-refractivity contribution is -0.0427. The fraction of sp³-hybridized carbons (Fsp3) is 0.600. The van der Waals surface area contributed by atoms with Gasteiger partial charge in [0, 0.05) is 13.1 Å². The van der Waals surface area contributed by atoms with Crippen LogP contribution in [0, 0.1) is 13.8 Å². The van der Waals surface area contributed by atoms with E-state index in [9.17, 15) is 0 Å². The predicted molar refractivity (Wildman–Crippen MR) is 71.3 cm³/mol. The summed E-state index contributed by atoms with van der Waals surface area (Å²) in [5, 5.41) is 3.49. The molecule has 0 bridgehead atoms. The lowest BCUT2D eigenvalue weighted by atomic mass is 9.99. The second-order valence-electron chi connectivity index (χ2n) is 5.05. The molecule has 1 N–H and O–H groups in total. The summed E-state index contributed by atoms with van der Waals surface area (Å²) in [6, 6.07) is 6.62. The van der Waals surface area contributed by atoms with Gasteiger partial charge in [-0.2, -0.15) is 0 Å². The molecule has 1 heterocycles. The molecule has 0 radical (unpaired) electrons. The minimum atomic E-state index is 0.222. The van der Waals surface area contributed by atoms with E-state index in [0.29, 0.717) is 6.10 Å². The first-order valence-corrected chi connectivity index (χ1v) is 6.64. The maximum Gasteiger partial charge on any atom is 0.0956 e. The fourth-order valence-corrected chi connectivity index (χ4v) is 2.49. The molecule has 1 aromatic carbocycles. The van der Waals surface area contributed by atoms with E-state index in [0.717, 1.165) is 19.5 Å². The number of hydrogen-bond acceptors (Lipinski definition) is 2. The molecule has 0 aromatic heterocycles. The molecule has 94 valence electrons. The van der Waals surface area contributed by atoms with Crippen LogP contribution in [0.5, 0.6) is 0 Å². The van der Waals surface area contributed by atoms with E-state index in [1.54, 1.807) is 0 Å². The highest BCUT2D eigenvalue weighted by molar-refractivity contribution is 5.32. The molecule has 2 heteroatoms. The first-order valence-electron chi connectivity index (χ1n) is 6.64. The van der Waals surface area contributed by atoms with Crippen molar-refractivity contribution in [3.8, 4) is 0 Å². The number of hydrogen-bond donors (Lipinski definition) is 1. The number of ether oxygens (including phenoxy) is 1. The Hall–Kier alpha value is -0.860. The van der Waals surface area contributed by atoms with Gasteiger partial charge in [-0.05, 0) is 31.4 Å². The van der Waals surface area contributed by atoms with Crippen LogP contribution in [0.3, 0.4) is 0 Å². The van der Waals surface area contributed by atoms with Gasteiger partial charge in [-0.15, -0.1) is 0 Å². The number of rotatable bonds is 3. The summed E-state index contributed by atoms with van der Waals surface area (Å²) in [5.74, 6) is 0. The molecule has 17 heavy (non-hydrogen) atoms. The number of aryl methyl sites for hydroxylation is 2. The van der Waals surface area contributed by atoms with E-state index < -0.39 is 0 Å². The second kappa shape index (κ2) is 5.65. The molecule has 2 rings (SSSR count). The topological polar surface area (TPSA) is 21.3 Å². The Morgan fingerprint density at radius 2 is 2.12 bits per heavy atom. The zero-order chi connectivity index (χ0) is 12.3. The SMILES string of the molecule is CCCC1CNCC(c2cc(C)ccc2C)O1. The van der Waals surface area contributed by atoms with E-state index in [1.165, 1.54) is 23.1 Å². The van der Waals surface area contributed by atoms with Gasteiger partial charge in [0.25, 0.3) is 0 Å². The summed E-state index contributed by atoms with van der Waals surface area (Å²) in [5.41, 5.74) is 3.99. The largest absolute Gasteiger partial charge is 0.368 e. The van der Waals surface area contributed by atoms with Crippen LogP contribution in [0.4, 0.5) is 0 Å². The van der Waals surface area contributed by atoms with Gasteiger partial charge in [0.1, 0.15) is 0 Å². The number of morpholine rings is 1. The molecule has 1 aliphatic rings. The Balaban J connectivity index is 2.13. The molecule has 0 amide bonds. The van der Waals surface area contributed by atoms with Crippen molar-refractivity contribution in [3.63, 3.8) is 0 Å². The molecule has 2 atom stereocenters. The van der Waals surface area contributed by atoms with Gasteiger partial charge in [0.2, 0.25) is 0 Å². The third-order valence-corrected chi connectivity index (χ3v) is 3.45. The number of nitrogens with one attached hydrogen (secondary N) is 1. The van der Waals surface area contributed by atoms with Crippen LogP contribution >= 0.6 is 0 Å². The van der Waals surface area contributed by atoms with Crippen molar-refractivity contribution in [2.24, 2.45) is 0 Å². The molecule has 1 saturated heterocycles. The van der Waals surface area contributed by atoms with Gasteiger partial charge in [0.05, 0.1) is 12.2 Å². The van der Waals surface area contributed by atoms with Gasteiger partial charge in [-0.25, -0.2) is 0 Å². The van der Waals surface area contributed by atoms with E-state index in [1.807, 2.05) is 0 Å². The highest BCUT2D eigenvalue weighted by atomic mass is 16.5. The Kier molecular flexibility index (Phi) is 4.19. The Morgan fingerprint density at radius 3 is 2.88 bits per heavy atom. The fourth-order valence-electron chi connectivity index (χ4n) is 2.49. The summed E-state index contributed by atoms with van der Waals surface area (Å²) in [6.45, 7) is 8.45. The van der Waals surface area contributed by atoms with Crippen LogP contribution in [0.15, 0.2) is 18.2 Å². The molecule has 1 aromatic rings. The van der Waals surface area contributed by atoms with Crippen LogP contribution in [-0.4, -0.2) is 19.2 Å². The van der Waals surface area contributed by atoms with Crippen LogP contribution in [0.25, 0.3) is 0 Å². The van der Waals surface area contributed by atoms with Crippen LogP contribution < -0.4 is 5.32 Å². The lowest BCUT2D eigenvalue weighted by Crippen LogP contribution is -2.40. The van der Waals surface area contributed by atoms with Gasteiger partial charge in [0.15, 0.2) is 0 Å². The quantitative estimate of drug-likeness (QED) is 0.866. The molecular formula is C15H23NO. The Morgan fingerprint density at radius 1 is 1.29 bits per heavy atom. The number of benzene rings is 1. The third-order valence-electron chi connectivity index (χ3n) is 3.45. The van der Waals surface area contributed by atoms with Crippen LogP contribution in [-0.2, 0) is 4.74 Å². The third kappa shape index (κ3) is 3.08. The Bertz CT molecular complexity index is 373. The summed E-state index contributed by atoms with van der Waals surface area (Å²) in [7, 11) is 0. The van der Waals surface area contributed by atoms with Gasteiger partial charge in [-0.1, -0.05) is 37.1 Å². The van der Waals surface area contributed by atoms with Crippen molar-refractivity contribution in [2.45, 2.75) is 45.8 Å². The van der Waals surface area contributed by atoms with Crippen molar-refractivity contribution in [2.75, 3.05) is 13.1 Å². The average molecular weight is 233 g/mol. The van der Waals surface area contributed by atoms with Gasteiger partial charge < -0.3 is 10.1 Å². The van der Waals surface area contributed by atoms with E-state index in [2.05, 4.69) is 44.3 Å². The zero-order valence-corrected chi connectivity index (χ0v) is 11.1. The monoisotopic (exact) mass is 233 g/mol. The van der Waals surface area contributed by atoms with Crippen molar-refractivity contribution in [1.29, 1.82) is 0 Å². The van der Waals surface area contributed by atoms with Gasteiger partial charge >= 0.3 is 0 Å². The summed E-state index contributed by atoms with van der Waals surface area (Å²) in [4.78, 5) is 0. The Labute approximate surface area is 104 Å². The second-order valence-corrected chi connectivity index (χ2v) is 5.05. The van der Waals surface area contributed by atoms with Crippen molar-refractivity contribution < 1.29 is 4.74 Å². The predicted octanol–water partition coefficient (Wildman–Crippen LogP) is 3.13. The summed E-state index contributed by atoms with van der Waals surface area (Å²) >= 11 is 0. The maximum absolute atomic E-state index is 6.19. The molecule has 0 saturated carbocycles. The zero-order valence-electron chi connectivity index (χ0n) is 11.1. The average Bonchev–Trinajstić information content (AvgIpc) is 2.33. The highest BCUT2D eigenvalue weighted by Crippen LogP contribution is 2.26. The maximum atomic E-state index is 6.19. The lowest BCUT2D eigenvalue weighted by Gasteiger charge is -2.32. The highest BCUT2D eigenvalue weighted by Gasteiger charge is 2.23. The normalized spacial score (nSPS) is 24.9. The van der Waals surface area contributed by atoms with Crippen LogP contribution in [0.1, 0.15) is 42.6 Å². The molecule has 2 nitrogen and oxygen atoms in total. The molecule has 1 fully saturated rings. The summed E-state index contributed by atoms with van der Waals surface area (Å²) in [6.07, 6.45) is 2.93. The molecular weight excluding hydrogens is 210 g/mol. The van der Waals surface area contributed by atoms with Crippen LogP contribution in [0.2, 0.25) is 0 Å².